The monoisotopic (exact) mass is 292 g/mol. The molecule has 1 unspecified atom stereocenters. The van der Waals surface area contributed by atoms with Crippen LogP contribution in [-0.4, -0.2) is 58.5 Å². The Kier molecular flexibility index (Phi) is 4.67. The smallest absolute Gasteiger partial charge is 0.225 e. The van der Waals surface area contributed by atoms with Gasteiger partial charge in [0.2, 0.25) is 12.3 Å². The van der Waals surface area contributed by atoms with E-state index >= 15 is 0 Å². The molecule has 0 aromatic heterocycles. The van der Waals surface area contributed by atoms with Crippen molar-refractivity contribution in [2.75, 3.05) is 26.2 Å². The molecule has 114 valence electrons. The molecule has 2 rings (SSSR count). The third kappa shape index (κ3) is 3.65. The summed E-state index contributed by atoms with van der Waals surface area (Å²) < 4.78 is 0. The van der Waals surface area contributed by atoms with Gasteiger partial charge in [0.25, 0.3) is 0 Å². The summed E-state index contributed by atoms with van der Waals surface area (Å²) in [7, 11) is 0. The van der Waals surface area contributed by atoms with Gasteiger partial charge in [0.1, 0.15) is 0 Å². The summed E-state index contributed by atoms with van der Waals surface area (Å²) in [6, 6.07) is 4.59. The van der Waals surface area contributed by atoms with E-state index in [9.17, 15) is 19.8 Å². The first kappa shape index (κ1) is 15.2. The molecule has 1 atom stereocenters. The topological polar surface area (TPSA) is 81.1 Å². The first-order chi connectivity index (χ1) is 10.0. The fraction of sp³-hybridized carbons (Fsp3) is 0.467. The van der Waals surface area contributed by atoms with Crippen LogP contribution < -0.4 is 0 Å². The first-order valence-corrected chi connectivity index (χ1v) is 7.00. The SMILES string of the molecule is CC(Cc1ccc(O)c(O)c1)C(=O)N1CCN(C=O)CC1. The molecule has 1 fully saturated rings. The van der Waals surface area contributed by atoms with Crippen LogP contribution in [-0.2, 0) is 16.0 Å². The summed E-state index contributed by atoms with van der Waals surface area (Å²) in [4.78, 5) is 26.4. The Bertz CT molecular complexity index is 524. The van der Waals surface area contributed by atoms with Gasteiger partial charge >= 0.3 is 0 Å². The van der Waals surface area contributed by atoms with E-state index in [2.05, 4.69) is 0 Å². The molecule has 1 heterocycles. The van der Waals surface area contributed by atoms with Crippen LogP contribution in [0.25, 0.3) is 0 Å². The molecule has 1 aliphatic rings. The van der Waals surface area contributed by atoms with Crippen molar-refractivity contribution in [1.82, 2.24) is 9.80 Å². The van der Waals surface area contributed by atoms with Gasteiger partial charge in [-0.1, -0.05) is 13.0 Å². The average molecular weight is 292 g/mol. The van der Waals surface area contributed by atoms with Gasteiger partial charge in [0.05, 0.1) is 0 Å². The molecule has 2 N–H and O–H groups in total. The zero-order chi connectivity index (χ0) is 15.4. The zero-order valence-corrected chi connectivity index (χ0v) is 12.0. The lowest BCUT2D eigenvalue weighted by Crippen LogP contribution is -2.49. The number of rotatable bonds is 4. The third-order valence-electron chi connectivity index (χ3n) is 3.78. The predicted octanol–water partition coefficient (Wildman–Crippen LogP) is 0.577. The summed E-state index contributed by atoms with van der Waals surface area (Å²) in [5.74, 6) is -0.501. The minimum atomic E-state index is -0.211. The molecule has 0 radical (unpaired) electrons. The van der Waals surface area contributed by atoms with Crippen LogP contribution in [0.15, 0.2) is 18.2 Å². The molecule has 1 saturated heterocycles. The number of hydrogen-bond donors (Lipinski definition) is 2. The molecule has 0 bridgehead atoms. The second-order valence-electron chi connectivity index (χ2n) is 5.39. The van der Waals surface area contributed by atoms with Crippen molar-refractivity contribution in [3.8, 4) is 11.5 Å². The van der Waals surface area contributed by atoms with Gasteiger partial charge < -0.3 is 20.0 Å². The van der Waals surface area contributed by atoms with Crippen molar-refractivity contribution in [2.45, 2.75) is 13.3 Å². The van der Waals surface area contributed by atoms with Gasteiger partial charge in [-0.05, 0) is 24.1 Å². The van der Waals surface area contributed by atoms with Crippen LogP contribution in [0.4, 0.5) is 0 Å². The van der Waals surface area contributed by atoms with Gasteiger partial charge in [-0.2, -0.15) is 0 Å². The zero-order valence-electron chi connectivity index (χ0n) is 12.0. The molecule has 1 aromatic rings. The van der Waals surface area contributed by atoms with E-state index < -0.39 is 0 Å². The van der Waals surface area contributed by atoms with Gasteiger partial charge in [0, 0.05) is 32.1 Å². The van der Waals surface area contributed by atoms with Crippen LogP contribution in [0, 0.1) is 5.92 Å². The molecule has 0 aliphatic carbocycles. The maximum Gasteiger partial charge on any atom is 0.225 e. The van der Waals surface area contributed by atoms with Crippen molar-refractivity contribution in [1.29, 1.82) is 0 Å². The number of amides is 2. The van der Waals surface area contributed by atoms with Crippen molar-refractivity contribution in [3.63, 3.8) is 0 Å². The van der Waals surface area contributed by atoms with E-state index in [1.165, 1.54) is 12.1 Å². The Labute approximate surface area is 123 Å². The summed E-state index contributed by atoms with van der Waals surface area (Å²) >= 11 is 0. The molecule has 6 nitrogen and oxygen atoms in total. The molecule has 1 aliphatic heterocycles. The van der Waals surface area contributed by atoms with Gasteiger partial charge in [-0.15, -0.1) is 0 Å². The second-order valence-corrected chi connectivity index (χ2v) is 5.39. The number of piperazine rings is 1. The number of hydrogen-bond acceptors (Lipinski definition) is 4. The number of phenolic OH excluding ortho intramolecular Hbond substituents is 2. The van der Waals surface area contributed by atoms with Gasteiger partial charge in [-0.25, -0.2) is 0 Å². The summed E-state index contributed by atoms with van der Waals surface area (Å²) in [6.07, 6.45) is 1.31. The lowest BCUT2D eigenvalue weighted by atomic mass is 9.99. The predicted molar refractivity (Wildman–Crippen MR) is 76.9 cm³/mol. The van der Waals surface area contributed by atoms with Crippen LogP contribution in [0.1, 0.15) is 12.5 Å². The van der Waals surface area contributed by atoms with Crippen LogP contribution in [0.3, 0.4) is 0 Å². The van der Waals surface area contributed by atoms with Crippen molar-refractivity contribution >= 4 is 12.3 Å². The van der Waals surface area contributed by atoms with Crippen LogP contribution >= 0.6 is 0 Å². The molecule has 21 heavy (non-hydrogen) atoms. The summed E-state index contributed by atoms with van der Waals surface area (Å²) in [5.41, 5.74) is 0.803. The first-order valence-electron chi connectivity index (χ1n) is 7.00. The Morgan fingerprint density at radius 1 is 1.24 bits per heavy atom. The Morgan fingerprint density at radius 2 is 1.90 bits per heavy atom. The maximum atomic E-state index is 12.4. The minimum absolute atomic E-state index is 0.0492. The number of carbonyl (C=O) groups is 2. The highest BCUT2D eigenvalue weighted by Crippen LogP contribution is 2.26. The lowest BCUT2D eigenvalue weighted by Gasteiger charge is -2.34. The maximum absolute atomic E-state index is 12.4. The Hall–Kier alpha value is -2.24. The highest BCUT2D eigenvalue weighted by atomic mass is 16.3. The molecular weight excluding hydrogens is 272 g/mol. The van der Waals surface area contributed by atoms with Gasteiger partial charge in [0.15, 0.2) is 11.5 Å². The van der Waals surface area contributed by atoms with E-state index in [1.807, 2.05) is 6.92 Å². The fourth-order valence-corrected chi connectivity index (χ4v) is 2.50. The van der Waals surface area contributed by atoms with Crippen molar-refractivity contribution in [2.24, 2.45) is 5.92 Å². The second kappa shape index (κ2) is 6.47. The molecule has 2 amide bonds. The normalized spacial score (nSPS) is 16.6. The van der Waals surface area contributed by atoms with Crippen LogP contribution in [0.5, 0.6) is 11.5 Å². The number of aromatic hydroxyl groups is 2. The Morgan fingerprint density at radius 3 is 2.48 bits per heavy atom. The van der Waals surface area contributed by atoms with E-state index in [4.69, 9.17) is 0 Å². The highest BCUT2D eigenvalue weighted by Gasteiger charge is 2.24. The van der Waals surface area contributed by atoms with Crippen molar-refractivity contribution in [3.05, 3.63) is 23.8 Å². The number of nitrogens with zero attached hydrogens (tertiary/aromatic N) is 2. The number of carbonyl (C=O) groups excluding carboxylic acids is 2. The quantitative estimate of drug-likeness (QED) is 0.628. The largest absolute Gasteiger partial charge is 0.504 e. The minimum Gasteiger partial charge on any atom is -0.504 e. The molecule has 1 aromatic carbocycles. The molecular formula is C15H20N2O4. The average Bonchev–Trinajstić information content (AvgIpc) is 2.50. The number of benzene rings is 1. The molecule has 0 saturated carbocycles. The van der Waals surface area contributed by atoms with E-state index in [0.29, 0.717) is 32.6 Å². The molecule has 6 heteroatoms. The van der Waals surface area contributed by atoms with E-state index in [-0.39, 0.29) is 23.3 Å². The van der Waals surface area contributed by atoms with E-state index in [0.717, 1.165) is 12.0 Å². The number of phenols is 2. The molecule has 0 spiro atoms. The fourth-order valence-electron chi connectivity index (χ4n) is 2.50. The Balaban J connectivity index is 1.93. The summed E-state index contributed by atoms with van der Waals surface area (Å²) in [6.45, 7) is 4.10. The summed E-state index contributed by atoms with van der Waals surface area (Å²) in [5, 5.41) is 18.8. The lowest BCUT2D eigenvalue weighted by molar-refractivity contribution is -0.138. The standard InChI is InChI=1S/C15H20N2O4/c1-11(8-12-2-3-13(19)14(20)9-12)15(21)17-6-4-16(10-18)5-7-17/h2-3,9-11,19-20H,4-8H2,1H3. The highest BCUT2D eigenvalue weighted by molar-refractivity contribution is 5.79. The van der Waals surface area contributed by atoms with Crippen molar-refractivity contribution < 1.29 is 19.8 Å². The van der Waals surface area contributed by atoms with E-state index in [1.54, 1.807) is 15.9 Å². The third-order valence-corrected chi connectivity index (χ3v) is 3.78. The van der Waals surface area contributed by atoms with Gasteiger partial charge in [-0.3, -0.25) is 9.59 Å². The van der Waals surface area contributed by atoms with Crippen LogP contribution in [0.2, 0.25) is 0 Å².